The third kappa shape index (κ3) is 1.72. The lowest BCUT2D eigenvalue weighted by molar-refractivity contribution is 0.0699. The maximum atomic E-state index is 11.0. The van der Waals surface area contributed by atoms with Crippen molar-refractivity contribution in [2.45, 2.75) is 6.92 Å². The van der Waals surface area contributed by atoms with Gasteiger partial charge in [-0.1, -0.05) is 24.3 Å². The third-order valence-corrected chi connectivity index (χ3v) is 2.41. The van der Waals surface area contributed by atoms with Gasteiger partial charge in [-0.25, -0.2) is 4.79 Å². The predicted molar refractivity (Wildman–Crippen MR) is 62.1 cm³/mol. The minimum atomic E-state index is -0.917. The van der Waals surface area contributed by atoms with Gasteiger partial charge in [0.2, 0.25) is 0 Å². The zero-order chi connectivity index (χ0) is 11.5. The number of hydrogen-bond donors (Lipinski definition) is 1. The second kappa shape index (κ2) is 4.23. The Morgan fingerprint density at radius 2 is 1.88 bits per heavy atom. The average Bonchev–Trinajstić information content (AvgIpc) is 2.29. The zero-order valence-corrected chi connectivity index (χ0v) is 8.93. The summed E-state index contributed by atoms with van der Waals surface area (Å²) < 4.78 is 5.46. The summed E-state index contributed by atoms with van der Waals surface area (Å²) in [6.45, 7) is 2.47. The normalized spacial score (nSPS) is 10.3. The molecule has 1 N–H and O–H groups in total. The summed E-state index contributed by atoms with van der Waals surface area (Å²) in [4.78, 5) is 11.0. The van der Waals surface area contributed by atoms with Crippen LogP contribution in [0.1, 0.15) is 17.3 Å². The molecule has 0 saturated heterocycles. The van der Waals surface area contributed by atoms with Crippen molar-refractivity contribution in [1.82, 2.24) is 0 Å². The van der Waals surface area contributed by atoms with Crippen LogP contribution in [0.15, 0.2) is 36.4 Å². The predicted octanol–water partition coefficient (Wildman–Crippen LogP) is 2.94. The summed E-state index contributed by atoms with van der Waals surface area (Å²) in [5, 5.41) is 10.6. The van der Waals surface area contributed by atoms with E-state index in [1.54, 1.807) is 24.3 Å². The first-order valence-corrected chi connectivity index (χ1v) is 5.12. The van der Waals surface area contributed by atoms with Gasteiger partial charge < -0.3 is 9.84 Å². The monoisotopic (exact) mass is 216 g/mol. The largest absolute Gasteiger partial charge is 0.493 e. The van der Waals surface area contributed by atoms with Crippen molar-refractivity contribution in [3.05, 3.63) is 42.0 Å². The van der Waals surface area contributed by atoms with Crippen LogP contribution in [0.3, 0.4) is 0 Å². The molecule has 0 aliphatic heterocycles. The number of carboxylic acid groups (broad SMARTS) is 1. The molecular formula is C13H12O3. The lowest BCUT2D eigenvalue weighted by Gasteiger charge is -2.08. The fraction of sp³-hybridized carbons (Fsp3) is 0.154. The van der Waals surface area contributed by atoms with Gasteiger partial charge >= 0.3 is 5.97 Å². The van der Waals surface area contributed by atoms with Crippen LogP contribution >= 0.6 is 0 Å². The Labute approximate surface area is 93.3 Å². The van der Waals surface area contributed by atoms with Gasteiger partial charge in [0, 0.05) is 5.39 Å². The number of carbonyl (C=O) groups is 1. The highest BCUT2D eigenvalue weighted by atomic mass is 16.5. The zero-order valence-electron chi connectivity index (χ0n) is 8.93. The summed E-state index contributed by atoms with van der Waals surface area (Å²) in [5.41, 5.74) is 0.305. The van der Waals surface area contributed by atoms with Crippen LogP contribution in [0.2, 0.25) is 0 Å². The van der Waals surface area contributed by atoms with Crippen LogP contribution < -0.4 is 4.74 Å². The highest BCUT2D eigenvalue weighted by molar-refractivity contribution is 6.05. The molecule has 16 heavy (non-hydrogen) atoms. The van der Waals surface area contributed by atoms with Gasteiger partial charge in [-0.3, -0.25) is 0 Å². The van der Waals surface area contributed by atoms with E-state index in [-0.39, 0.29) is 0 Å². The van der Waals surface area contributed by atoms with E-state index in [9.17, 15) is 4.79 Å². The first kappa shape index (κ1) is 10.5. The highest BCUT2D eigenvalue weighted by Crippen LogP contribution is 2.27. The second-order valence-electron chi connectivity index (χ2n) is 3.40. The quantitative estimate of drug-likeness (QED) is 0.858. The molecule has 0 bridgehead atoms. The molecule has 2 aromatic rings. The third-order valence-electron chi connectivity index (χ3n) is 2.41. The number of fused-ring (bicyclic) bond motifs is 1. The molecule has 0 amide bonds. The molecule has 2 rings (SSSR count). The van der Waals surface area contributed by atoms with E-state index in [2.05, 4.69) is 0 Å². The van der Waals surface area contributed by atoms with Crippen molar-refractivity contribution < 1.29 is 14.6 Å². The summed E-state index contributed by atoms with van der Waals surface area (Å²) in [7, 11) is 0. The van der Waals surface area contributed by atoms with E-state index >= 15 is 0 Å². The van der Waals surface area contributed by atoms with E-state index in [0.29, 0.717) is 17.6 Å². The van der Waals surface area contributed by atoms with Gasteiger partial charge in [0.1, 0.15) is 5.75 Å². The molecule has 0 aromatic heterocycles. The molecule has 3 nitrogen and oxygen atoms in total. The maximum absolute atomic E-state index is 11.0. The van der Waals surface area contributed by atoms with Gasteiger partial charge in [-0.15, -0.1) is 0 Å². The second-order valence-corrected chi connectivity index (χ2v) is 3.40. The smallest absolute Gasteiger partial charge is 0.336 e. The van der Waals surface area contributed by atoms with Gasteiger partial charge in [-0.2, -0.15) is 0 Å². The molecule has 0 fully saturated rings. The molecule has 0 saturated carbocycles. The fourth-order valence-corrected chi connectivity index (χ4v) is 1.75. The van der Waals surface area contributed by atoms with E-state index < -0.39 is 5.97 Å². The van der Waals surface area contributed by atoms with Crippen molar-refractivity contribution in [2.75, 3.05) is 6.61 Å². The van der Waals surface area contributed by atoms with Crippen LogP contribution in [0.25, 0.3) is 10.8 Å². The number of aromatic carboxylic acids is 1. The Morgan fingerprint density at radius 1 is 1.19 bits per heavy atom. The lowest BCUT2D eigenvalue weighted by atomic mass is 10.0. The number of rotatable bonds is 3. The Kier molecular flexibility index (Phi) is 2.77. The average molecular weight is 216 g/mol. The Bertz CT molecular complexity index is 532. The molecule has 0 spiro atoms. The van der Waals surface area contributed by atoms with Crippen LogP contribution in [-0.2, 0) is 0 Å². The van der Waals surface area contributed by atoms with Crippen molar-refractivity contribution in [3.8, 4) is 5.75 Å². The minimum absolute atomic E-state index is 0.305. The highest BCUT2D eigenvalue weighted by Gasteiger charge is 2.09. The summed E-state index contributed by atoms with van der Waals surface area (Å²) in [6, 6.07) is 10.6. The molecule has 3 heteroatoms. The number of ether oxygens (including phenoxy) is 1. The van der Waals surface area contributed by atoms with Crippen LogP contribution in [0.5, 0.6) is 5.75 Å². The summed E-state index contributed by atoms with van der Waals surface area (Å²) in [5.74, 6) is -0.192. The van der Waals surface area contributed by atoms with Crippen LogP contribution in [0, 0.1) is 0 Å². The van der Waals surface area contributed by atoms with Crippen molar-refractivity contribution in [3.63, 3.8) is 0 Å². The van der Waals surface area contributed by atoms with Crippen molar-refractivity contribution >= 4 is 16.7 Å². The van der Waals surface area contributed by atoms with Crippen molar-refractivity contribution in [2.24, 2.45) is 0 Å². The molecular weight excluding hydrogens is 204 g/mol. The van der Waals surface area contributed by atoms with Gasteiger partial charge in [0.15, 0.2) is 0 Å². The number of hydrogen-bond acceptors (Lipinski definition) is 2. The van der Waals surface area contributed by atoms with Gasteiger partial charge in [0.05, 0.1) is 12.2 Å². The summed E-state index contributed by atoms with van der Waals surface area (Å²) >= 11 is 0. The molecule has 82 valence electrons. The molecule has 0 radical (unpaired) electrons. The van der Waals surface area contributed by atoms with Crippen LogP contribution in [0.4, 0.5) is 0 Å². The SMILES string of the molecule is CCOc1cccc2c(C(=O)O)cccc12. The topological polar surface area (TPSA) is 46.5 Å². The molecule has 2 aromatic carbocycles. The summed E-state index contributed by atoms with van der Waals surface area (Å²) in [6.07, 6.45) is 0. The molecule has 0 atom stereocenters. The Balaban J connectivity index is 2.71. The minimum Gasteiger partial charge on any atom is -0.493 e. The first-order chi connectivity index (χ1) is 7.74. The molecule has 0 heterocycles. The van der Waals surface area contributed by atoms with E-state index in [1.807, 2.05) is 19.1 Å². The Morgan fingerprint density at radius 3 is 2.56 bits per heavy atom. The first-order valence-electron chi connectivity index (χ1n) is 5.12. The van der Waals surface area contributed by atoms with E-state index in [4.69, 9.17) is 9.84 Å². The Hall–Kier alpha value is -2.03. The number of carboxylic acids is 1. The molecule has 0 unspecified atom stereocenters. The number of benzene rings is 2. The maximum Gasteiger partial charge on any atom is 0.336 e. The van der Waals surface area contributed by atoms with E-state index in [0.717, 1.165) is 11.1 Å². The molecule has 0 aliphatic rings. The van der Waals surface area contributed by atoms with Gasteiger partial charge in [0.25, 0.3) is 0 Å². The van der Waals surface area contributed by atoms with E-state index in [1.165, 1.54) is 0 Å². The standard InChI is InChI=1S/C13H12O3/c1-2-16-12-8-4-5-9-10(12)6-3-7-11(9)13(14)15/h3-8H,2H2,1H3,(H,14,15). The van der Waals surface area contributed by atoms with Crippen LogP contribution in [-0.4, -0.2) is 17.7 Å². The fourth-order valence-electron chi connectivity index (χ4n) is 1.75. The van der Waals surface area contributed by atoms with Crippen molar-refractivity contribution in [1.29, 1.82) is 0 Å². The molecule has 0 aliphatic carbocycles. The lowest BCUT2D eigenvalue weighted by Crippen LogP contribution is -1.98. The van der Waals surface area contributed by atoms with Gasteiger partial charge in [-0.05, 0) is 24.4 Å².